The molecule has 3 aromatic heterocycles. The van der Waals surface area contributed by atoms with Crippen LogP contribution >= 0.6 is 0 Å². The van der Waals surface area contributed by atoms with Gasteiger partial charge in [0.05, 0.1) is 34.2 Å². The lowest BCUT2D eigenvalue weighted by Gasteiger charge is -2.31. The highest BCUT2D eigenvalue weighted by atomic mass is 28.3. The minimum absolute atomic E-state index is 0.721. The van der Waals surface area contributed by atoms with E-state index >= 15 is 0 Å². The van der Waals surface area contributed by atoms with Crippen LogP contribution in [0.2, 0.25) is 13.1 Å². The summed E-state index contributed by atoms with van der Waals surface area (Å²) >= 11 is 0. The Hall–Kier alpha value is -17.2. The zero-order valence-electron chi connectivity index (χ0n) is 80.5. The summed E-state index contributed by atoms with van der Waals surface area (Å²) in [6.07, 6.45) is 0. The van der Waals surface area contributed by atoms with Gasteiger partial charge in [0.2, 0.25) is 0 Å². The predicted molar refractivity (Wildman–Crippen MR) is 607 cm³/mol. The van der Waals surface area contributed by atoms with E-state index in [-0.39, 0.29) is 0 Å². The zero-order chi connectivity index (χ0) is 96.3. The molecule has 678 valence electrons. The van der Waals surface area contributed by atoms with E-state index < -0.39 is 24.2 Å². The highest BCUT2D eigenvalue weighted by Gasteiger charge is 2.51. The summed E-state index contributed by atoms with van der Waals surface area (Å²) in [5.74, 6) is 2.19. The normalized spacial score (nSPS) is 12.9. The Balaban J connectivity index is 0.000000116. The molecule has 0 spiro atoms. The van der Waals surface area contributed by atoms with Gasteiger partial charge in [0.1, 0.15) is 8.07 Å². The molecule has 143 heavy (non-hydrogen) atoms. The van der Waals surface area contributed by atoms with Crippen molar-refractivity contribution in [2.24, 2.45) is 0 Å². The Morgan fingerprint density at radius 2 is 0.441 bits per heavy atom. The molecule has 3 aliphatic rings. The monoisotopic (exact) mass is 1880 g/mol. The molecule has 20 aromatic carbocycles. The molecule has 6 heterocycles. The van der Waals surface area contributed by atoms with Crippen LogP contribution in [0, 0.1) is 27.7 Å². The highest BCUT2D eigenvalue weighted by Crippen LogP contribution is 2.42. The Bertz CT molecular complexity index is 8670. The molecule has 0 fully saturated rings. The highest BCUT2D eigenvalue weighted by molar-refractivity contribution is 7.23. The quantitative estimate of drug-likeness (QED) is 0.0952. The first kappa shape index (κ1) is 88.5. The summed E-state index contributed by atoms with van der Waals surface area (Å²) < 4.78 is 0. The fourth-order valence-electron chi connectivity index (χ4n) is 22.1. The molecule has 23 aromatic rings. The maximum Gasteiger partial charge on any atom is 0.180 e. The molecular weight excluding hydrogens is 1780 g/mol. The summed E-state index contributed by atoms with van der Waals surface area (Å²) in [6, 6.07) is 181. The molecule has 0 bridgehead atoms. The third-order valence-corrected chi connectivity index (χ3v) is 42.6. The number of hydrogen-bond donors (Lipinski definition) is 0. The molecule has 26 rings (SSSR count). The van der Waals surface area contributed by atoms with Crippen LogP contribution in [0.5, 0.6) is 0 Å². The summed E-state index contributed by atoms with van der Waals surface area (Å²) in [4.78, 5) is 31.2. The molecule has 0 aliphatic carbocycles. The average Bonchev–Trinajstić information content (AvgIpc) is 1.53. The van der Waals surface area contributed by atoms with Crippen LogP contribution in [-0.4, -0.2) is 54.1 Å². The summed E-state index contributed by atoms with van der Waals surface area (Å²) in [6.45, 7) is 13.6. The molecule has 0 amide bonds. The second-order valence-electron chi connectivity index (χ2n) is 38.6. The molecule has 0 N–H and O–H groups in total. The minimum Gasteiger partial charge on any atom is -0.228 e. The smallest absolute Gasteiger partial charge is 0.180 e. The van der Waals surface area contributed by atoms with Gasteiger partial charge in [-0.2, -0.15) is 0 Å². The van der Waals surface area contributed by atoms with Crippen LogP contribution in [-0.2, 0) is 0 Å². The Labute approximate surface area is 839 Å². The molecule has 0 atom stereocenters. The van der Waals surface area contributed by atoms with E-state index in [1.54, 1.807) is 0 Å². The maximum absolute atomic E-state index is 5.38. The van der Waals surface area contributed by atoms with Crippen LogP contribution in [0.15, 0.2) is 497 Å². The number of aromatic nitrogens is 6. The Morgan fingerprint density at radius 3 is 0.909 bits per heavy atom. The summed E-state index contributed by atoms with van der Waals surface area (Å²) in [7, 11) is -7.00. The fourth-order valence-corrected chi connectivity index (χ4v) is 35.4. The number of hydrogen-bond acceptors (Lipinski definition) is 6. The SMILES string of the molecule is C[Si]1(C)c2ccccc2-c2ccc(-c3cccc(-c4cccc(-c5nc(-c6ccccc6)cc(-c6ccccc6)n5)c4)c3)cc21.Cc1ccc([Si]2(c3ccc(C)cc3)c3ccccc3-c3c(-c4nc(-c5ccccc5)cc(-c5ccc6ccccc6c5)n4)cccc32)cc1.Cc1ccc([Si]2(c3ccc(C)cc3)c3ccccc3-c3cc(-c4cc(-c5ccccc5)nc(-c5ccc6ccccc6c5)n4)ccc32)cc1. The predicted octanol–water partition coefficient (Wildman–Crippen LogP) is 26.8. The second kappa shape index (κ2) is 37.2. The van der Waals surface area contributed by atoms with Crippen molar-refractivity contribution in [3.05, 3.63) is 520 Å². The van der Waals surface area contributed by atoms with Crippen LogP contribution in [0.4, 0.5) is 0 Å². The van der Waals surface area contributed by atoms with Gasteiger partial charge in [-0.3, -0.25) is 0 Å². The third kappa shape index (κ3) is 16.3. The van der Waals surface area contributed by atoms with Crippen molar-refractivity contribution in [2.45, 2.75) is 40.8 Å². The number of aryl methyl sites for hydroxylation is 4. The molecule has 3 aliphatic heterocycles. The van der Waals surface area contributed by atoms with Crippen molar-refractivity contribution < 1.29 is 0 Å². The van der Waals surface area contributed by atoms with Gasteiger partial charge >= 0.3 is 0 Å². The van der Waals surface area contributed by atoms with Gasteiger partial charge in [-0.05, 0) is 205 Å². The molecule has 0 saturated heterocycles. The van der Waals surface area contributed by atoms with Gasteiger partial charge in [-0.25, -0.2) is 29.9 Å². The largest absolute Gasteiger partial charge is 0.228 e. The van der Waals surface area contributed by atoms with E-state index in [1.807, 2.05) is 18.2 Å². The number of nitrogens with zero attached hydrogens (tertiary/aromatic N) is 6. The Kier molecular flexibility index (Phi) is 23.0. The van der Waals surface area contributed by atoms with E-state index in [9.17, 15) is 0 Å². The number of fused-ring (bicyclic) bond motifs is 11. The molecule has 0 unspecified atom stereocenters. The Morgan fingerprint density at radius 1 is 0.154 bits per heavy atom. The molecule has 0 radical (unpaired) electrons. The van der Waals surface area contributed by atoms with Crippen molar-refractivity contribution in [1.29, 1.82) is 0 Å². The zero-order valence-corrected chi connectivity index (χ0v) is 83.5. The molecular formula is C134H100N6Si3. The van der Waals surface area contributed by atoms with E-state index in [2.05, 4.69) is 520 Å². The van der Waals surface area contributed by atoms with Gasteiger partial charge in [0.25, 0.3) is 0 Å². The topological polar surface area (TPSA) is 77.3 Å². The first-order valence-electron chi connectivity index (χ1n) is 49.3. The second-order valence-corrected chi connectivity index (χ2v) is 50.4. The van der Waals surface area contributed by atoms with Crippen LogP contribution in [0.1, 0.15) is 22.3 Å². The van der Waals surface area contributed by atoms with Gasteiger partial charge in [0, 0.05) is 50.1 Å². The van der Waals surface area contributed by atoms with Gasteiger partial charge in [-0.1, -0.05) is 484 Å². The lowest BCUT2D eigenvalue weighted by molar-refractivity contribution is 1.18. The first-order chi connectivity index (χ1) is 70.2. The van der Waals surface area contributed by atoms with Crippen LogP contribution in [0.25, 0.3) is 179 Å². The van der Waals surface area contributed by atoms with Crippen molar-refractivity contribution in [3.63, 3.8) is 0 Å². The number of rotatable bonds is 15. The number of benzene rings is 20. The van der Waals surface area contributed by atoms with E-state index in [0.717, 1.165) is 107 Å². The van der Waals surface area contributed by atoms with Crippen molar-refractivity contribution in [1.82, 2.24) is 29.9 Å². The summed E-state index contributed by atoms with van der Waals surface area (Å²) in [5.41, 5.74) is 32.9. The third-order valence-electron chi connectivity index (χ3n) is 29.3. The minimum atomic E-state index is -2.68. The van der Waals surface area contributed by atoms with E-state index in [4.69, 9.17) is 29.9 Å². The molecule has 9 heteroatoms. The van der Waals surface area contributed by atoms with E-state index in [0.29, 0.717) is 0 Å². The van der Waals surface area contributed by atoms with Gasteiger partial charge in [-0.15, -0.1) is 0 Å². The lowest BCUT2D eigenvalue weighted by Crippen LogP contribution is -2.72. The molecule has 6 nitrogen and oxygen atoms in total. The lowest BCUT2D eigenvalue weighted by atomic mass is 9.96. The fraction of sp³-hybridized carbons (Fsp3) is 0.0448. The van der Waals surface area contributed by atoms with Crippen LogP contribution < -0.4 is 51.9 Å². The van der Waals surface area contributed by atoms with Crippen molar-refractivity contribution in [2.75, 3.05) is 0 Å². The summed E-state index contributed by atoms with van der Waals surface area (Å²) in [5, 5.41) is 19.1. The van der Waals surface area contributed by atoms with Gasteiger partial charge in [0.15, 0.2) is 33.6 Å². The van der Waals surface area contributed by atoms with Crippen LogP contribution in [0.3, 0.4) is 0 Å². The first-order valence-corrected chi connectivity index (χ1v) is 56.3. The van der Waals surface area contributed by atoms with Crippen molar-refractivity contribution in [3.8, 4) is 157 Å². The van der Waals surface area contributed by atoms with Crippen molar-refractivity contribution >= 4 is 97.6 Å². The van der Waals surface area contributed by atoms with Gasteiger partial charge < -0.3 is 0 Å². The standard InChI is InChI=1S/2C46H34N2Si.C42H32N2Si/c1-31-19-25-37(26-20-31)49(38-27-21-32(2)22-28-38)43-17-9-8-15-39(43)45-40(16-10-18-44(45)49)46-47-41(34-12-4-3-5-13-34)30-42(48-46)36-24-23-33-11-6-7-14-35(33)29-36;1-31-16-23-38(24-17-31)49(39-25-18-32(2)19-26-39)44-15-9-8-14-40(44)41-29-36(22-27-45(41)49)43-30-42(34-11-4-3-5-12-34)47-46(48-43)37-21-20-33-10-6-7-13-35(33)28-37;1-45(2)40-22-10-9-21-36(40)37-24-23-34(27-41(37)45)32-18-11-17-31(25-32)33-19-12-20-35(26-33)42-43-38(29-13-5-3-6-14-29)28-39(44-42)30-15-7-4-8-16-30/h2*3-30H,1-2H3;3-28H,1-2H3. The van der Waals surface area contributed by atoms with E-state index in [1.165, 1.54) is 146 Å². The maximum atomic E-state index is 5.38. The molecule has 0 saturated carbocycles. The average molecular weight is 1880 g/mol.